The Balaban J connectivity index is -0.0000000186. The van der Waals surface area contributed by atoms with Crippen molar-refractivity contribution in [2.24, 2.45) is 0 Å². The Hall–Kier alpha value is 0.697. The van der Waals surface area contributed by atoms with Crippen LogP contribution in [0.3, 0.4) is 0 Å². The summed E-state index contributed by atoms with van der Waals surface area (Å²) < 4.78 is 201. The van der Waals surface area contributed by atoms with Gasteiger partial charge in [0.05, 0.1) is 0 Å². The quantitative estimate of drug-likeness (QED) is 0.119. The molecule has 0 aromatic rings. The van der Waals surface area contributed by atoms with Crippen molar-refractivity contribution in [3.63, 3.8) is 0 Å². The van der Waals surface area contributed by atoms with Crippen LogP contribution in [0.25, 0.3) is 0 Å². The average molecular weight is 714 g/mol. The third kappa shape index (κ3) is 81000. The van der Waals surface area contributed by atoms with Gasteiger partial charge in [-0.1, -0.05) is 0 Å². The van der Waals surface area contributed by atoms with Crippen LogP contribution in [-0.2, 0) is 62.4 Å². The Bertz CT molecular complexity index is 769. The van der Waals surface area contributed by atoms with E-state index in [1.807, 2.05) is 0 Å². The van der Waals surface area contributed by atoms with Gasteiger partial charge >= 0.3 is 52.1 Å². The van der Waals surface area contributed by atoms with E-state index in [1.165, 1.54) is 0 Å². The van der Waals surface area contributed by atoms with Gasteiger partial charge in [0.15, 0.2) is 0 Å². The maximum atomic E-state index is 8.63. The van der Waals surface area contributed by atoms with Crippen LogP contribution in [0.5, 0.6) is 0 Å². The third-order valence-corrected chi connectivity index (χ3v) is 0. The molecule has 36 heavy (non-hydrogen) atoms. The summed E-state index contributed by atoms with van der Waals surface area (Å²) in [6.07, 6.45) is 0. The van der Waals surface area contributed by atoms with E-state index in [4.69, 9.17) is 105 Å². The zero-order valence-corrected chi connectivity index (χ0v) is 24.0. The van der Waals surface area contributed by atoms with Gasteiger partial charge in [-0.05, 0) is 0 Å². The van der Waals surface area contributed by atoms with Gasteiger partial charge in [0.2, 0.25) is 31.2 Å². The first-order valence-electron chi connectivity index (χ1n) is 4.05. The fourth-order valence-electron chi connectivity index (χ4n) is 0. The van der Waals surface area contributed by atoms with Crippen molar-refractivity contribution in [2.75, 3.05) is 0 Å². The topological polar surface area (TPSA) is 568 Å². The zero-order valence-electron chi connectivity index (χ0n) is 15.6. The molecule has 36 heteroatoms. The predicted molar refractivity (Wildman–Crippen MR) is 96.5 cm³/mol. The molecule has 9 N–H and O–H groups in total. The maximum Gasteiger partial charge on any atom is 3.00 e. The molecule has 0 saturated heterocycles. The molecule has 0 atom stereocenters. The van der Waals surface area contributed by atoms with Crippen LogP contribution in [0.2, 0.25) is 0 Å². The first-order chi connectivity index (χ1) is 12.0. The molecule has 0 heterocycles. The second-order valence-corrected chi connectivity index (χ2v) is 7.52. The van der Waals surface area contributed by atoms with Crippen molar-refractivity contribution in [3.05, 3.63) is 0 Å². The average Bonchev–Trinajstić information content (AvgIpc) is 1.94. The van der Waals surface area contributed by atoms with E-state index >= 15 is 0 Å². The van der Waals surface area contributed by atoms with Crippen LogP contribution < -0.4 is 0 Å². The summed E-state index contributed by atoms with van der Waals surface area (Å²) in [6, 6.07) is 0. The molecule has 27 nitrogen and oxygen atoms in total. The molecule has 0 aliphatic heterocycles. The second kappa shape index (κ2) is 31.9. The van der Waals surface area contributed by atoms with Gasteiger partial charge in [-0.25, -0.2) is 25.3 Å². The molecule has 0 amide bonds. The molecule has 0 fully saturated rings. The Morgan fingerprint density at radius 3 is 0.306 bits per heavy atom. The van der Waals surface area contributed by atoms with Crippen molar-refractivity contribution in [1.29, 1.82) is 0 Å². The van der Waals surface area contributed by atoms with Crippen LogP contribution in [0.1, 0.15) is 0 Å². The molecule has 0 aliphatic rings. The molecule has 0 aromatic carbocycles. The Morgan fingerprint density at radius 2 is 0.306 bits per heavy atom. The van der Waals surface area contributed by atoms with Gasteiger partial charge in [0, 0.05) is 31.2 Å². The first kappa shape index (κ1) is 76.7. The van der Waals surface area contributed by atoms with E-state index in [0.717, 1.165) is 0 Å². The number of hydrogen-bond acceptors (Lipinski definition) is 21. The summed E-state index contributed by atoms with van der Waals surface area (Å²) in [5, 5.41) is 0. The summed E-state index contributed by atoms with van der Waals surface area (Å²) in [7, 11) is -30.2. The van der Waals surface area contributed by atoms with Gasteiger partial charge in [-0.2, -0.15) is 0 Å². The standard InChI is InChI=1S/3Al.6H2O4S.3H2O/c;;;6*1-5(2,3)4;;;/h;;;6*(H2,1,2,3,4);3*1H2/q3*+3;;;;;;;;;/p-9. The summed E-state index contributed by atoms with van der Waals surface area (Å²) >= 11 is 0. The molecule has 0 aliphatic carbocycles. The third-order valence-electron chi connectivity index (χ3n) is 0. The molecule has 216 valence electrons. The van der Waals surface area contributed by atoms with Gasteiger partial charge in [0.1, 0.15) is 0 Å². The Morgan fingerprint density at radius 1 is 0.306 bits per heavy atom. The van der Waals surface area contributed by atoms with E-state index in [1.54, 1.807) is 0 Å². The normalized spacial score (nSPS) is 9.67. The van der Waals surface area contributed by atoms with E-state index in [-0.39, 0.29) is 68.5 Å². The fourth-order valence-corrected chi connectivity index (χ4v) is 0. The van der Waals surface area contributed by atoms with E-state index in [9.17, 15) is 0 Å². The minimum atomic E-state index is -5.17. The monoisotopic (exact) mass is 714 g/mol. The SMILES string of the molecule is O.O.O.O=S(=O)([O-])O.O=S(=O)([O-])O.O=S(=O)([O-])O.O=S(=O)([O-])[O-].O=S(=O)([O-])[O-].O=S(=O)([O-])[O-].[Al+3].[Al+3].[Al+3]. The maximum absolute atomic E-state index is 8.63. The predicted octanol–water partition coefficient (Wildman–Crippen LogP) is -10.6. The van der Waals surface area contributed by atoms with E-state index < -0.39 is 62.4 Å². The van der Waals surface area contributed by atoms with Crippen LogP contribution in [0.4, 0.5) is 0 Å². The fraction of sp³-hybridized carbons (Fsp3) is 0. The largest absolute Gasteiger partial charge is 3.00 e. The Labute approximate surface area is 234 Å². The van der Waals surface area contributed by atoms with E-state index in [0.29, 0.717) is 0 Å². The molecule has 0 radical (unpaired) electrons. The second-order valence-electron chi connectivity index (χ2n) is 2.51. The minimum absolute atomic E-state index is 0. The van der Waals surface area contributed by atoms with Crippen LogP contribution >= 0.6 is 0 Å². The van der Waals surface area contributed by atoms with Crippen molar-refractivity contribution in [2.45, 2.75) is 0 Å². The van der Waals surface area contributed by atoms with E-state index in [2.05, 4.69) is 0 Å². The van der Waals surface area contributed by atoms with Gasteiger partial charge in [-0.15, -0.1) is 0 Å². The van der Waals surface area contributed by atoms with Crippen molar-refractivity contribution in [3.8, 4) is 0 Å². The minimum Gasteiger partial charge on any atom is -0.759 e. The molecule has 0 aromatic heterocycles. The smallest absolute Gasteiger partial charge is 0.759 e. The first-order valence-corrected chi connectivity index (χ1v) is 12.1. The van der Waals surface area contributed by atoms with Gasteiger partial charge in [0.25, 0.3) is 0 Å². The van der Waals surface area contributed by atoms with Crippen molar-refractivity contribution >= 4 is 114 Å². The van der Waals surface area contributed by atoms with Crippen LogP contribution in [-0.4, -0.2) is 174 Å². The zero-order chi connectivity index (χ0) is 27.0. The Kier molecular flexibility index (Phi) is 68.0. The van der Waals surface area contributed by atoms with Crippen molar-refractivity contribution < 1.29 is 122 Å². The summed E-state index contributed by atoms with van der Waals surface area (Å²) in [4.78, 5) is 0. The summed E-state index contributed by atoms with van der Waals surface area (Å²) in [5.41, 5.74) is 0. The molecule has 0 saturated carbocycles. The van der Waals surface area contributed by atoms with Crippen LogP contribution in [0, 0.1) is 0 Å². The number of hydrogen-bond donors (Lipinski definition) is 3. The van der Waals surface area contributed by atoms with Crippen LogP contribution in [0.15, 0.2) is 0 Å². The molecular formula is H9Al3O27S6. The summed E-state index contributed by atoms with van der Waals surface area (Å²) in [5.74, 6) is 0. The number of rotatable bonds is 0. The molecular weight excluding hydrogens is 705 g/mol. The van der Waals surface area contributed by atoms with Crippen molar-refractivity contribution in [1.82, 2.24) is 0 Å². The van der Waals surface area contributed by atoms with Gasteiger partial charge < -0.3 is 57.4 Å². The molecule has 0 rings (SSSR count). The molecule has 0 spiro atoms. The summed E-state index contributed by atoms with van der Waals surface area (Å²) in [6.45, 7) is 0. The van der Waals surface area contributed by atoms with Gasteiger partial charge in [-0.3, -0.25) is 38.9 Å². The molecule has 0 bridgehead atoms. The molecule has 0 unspecified atom stereocenters.